The lowest BCUT2D eigenvalue weighted by Crippen LogP contribution is -2.05. The molecule has 0 aliphatic rings. The highest BCUT2D eigenvalue weighted by Gasteiger charge is 1.98. The highest BCUT2D eigenvalue weighted by atomic mass is 35.5. The van der Waals surface area contributed by atoms with E-state index in [0.717, 1.165) is 29.4 Å². The molecule has 0 aromatic carbocycles. The normalized spacial score (nSPS) is 10.4. The Morgan fingerprint density at radius 3 is 3.06 bits per heavy atom. The van der Waals surface area contributed by atoms with Gasteiger partial charge in [0, 0.05) is 30.2 Å². The topological polar surface area (TPSA) is 37.8 Å². The summed E-state index contributed by atoms with van der Waals surface area (Å²) in [6.07, 6.45) is 2.61. The van der Waals surface area contributed by atoms with Gasteiger partial charge >= 0.3 is 0 Å². The van der Waals surface area contributed by atoms with Crippen LogP contribution in [0.5, 0.6) is 0 Å². The molecule has 0 fully saturated rings. The molecule has 1 N–H and O–H groups in total. The van der Waals surface area contributed by atoms with Crippen molar-refractivity contribution in [3.8, 4) is 0 Å². The van der Waals surface area contributed by atoms with Gasteiger partial charge in [-0.25, -0.2) is 9.97 Å². The Bertz CT molecular complexity index is 470. The van der Waals surface area contributed by atoms with E-state index in [1.807, 2.05) is 19.1 Å². The van der Waals surface area contributed by atoms with E-state index in [-0.39, 0.29) is 0 Å². The lowest BCUT2D eigenvalue weighted by molar-refractivity contribution is 0.968. The van der Waals surface area contributed by atoms with Crippen LogP contribution in [0.2, 0.25) is 5.15 Å². The molecule has 0 aliphatic heterocycles. The van der Waals surface area contributed by atoms with Crippen molar-refractivity contribution < 1.29 is 0 Å². The molecule has 2 aromatic rings. The maximum atomic E-state index is 5.78. The standard InChI is InChI=1S/C11H12ClN3S/c1-8-15-10(7-16-8)3-4-13-9-2-5-14-11(12)6-9/h2,5-7H,3-4H2,1H3,(H,13,14). The van der Waals surface area contributed by atoms with Crippen LogP contribution in [-0.2, 0) is 6.42 Å². The molecule has 3 nitrogen and oxygen atoms in total. The van der Waals surface area contributed by atoms with Crippen molar-refractivity contribution >= 4 is 28.6 Å². The van der Waals surface area contributed by atoms with Crippen LogP contribution in [0.3, 0.4) is 0 Å². The fourth-order valence-electron chi connectivity index (χ4n) is 1.37. The molecule has 16 heavy (non-hydrogen) atoms. The van der Waals surface area contributed by atoms with Crippen LogP contribution >= 0.6 is 22.9 Å². The van der Waals surface area contributed by atoms with Gasteiger partial charge in [-0.15, -0.1) is 11.3 Å². The quantitative estimate of drug-likeness (QED) is 0.851. The smallest absolute Gasteiger partial charge is 0.131 e. The zero-order chi connectivity index (χ0) is 11.4. The number of anilines is 1. The van der Waals surface area contributed by atoms with Crippen LogP contribution in [0, 0.1) is 6.92 Å². The van der Waals surface area contributed by atoms with Gasteiger partial charge in [0.25, 0.3) is 0 Å². The summed E-state index contributed by atoms with van der Waals surface area (Å²) in [5.41, 5.74) is 2.13. The van der Waals surface area contributed by atoms with E-state index < -0.39 is 0 Å². The molecule has 84 valence electrons. The Morgan fingerprint density at radius 1 is 1.50 bits per heavy atom. The third-order valence-corrected chi connectivity index (χ3v) is 3.13. The Hall–Kier alpha value is -1.13. The highest BCUT2D eigenvalue weighted by Crippen LogP contribution is 2.12. The van der Waals surface area contributed by atoms with Crippen molar-refractivity contribution in [1.29, 1.82) is 0 Å². The molecule has 0 radical (unpaired) electrons. The van der Waals surface area contributed by atoms with Crippen molar-refractivity contribution in [2.75, 3.05) is 11.9 Å². The van der Waals surface area contributed by atoms with Crippen LogP contribution in [0.25, 0.3) is 0 Å². The van der Waals surface area contributed by atoms with Crippen LogP contribution in [0.4, 0.5) is 5.69 Å². The summed E-state index contributed by atoms with van der Waals surface area (Å²) >= 11 is 7.47. The van der Waals surface area contributed by atoms with E-state index in [9.17, 15) is 0 Å². The molecule has 0 saturated heterocycles. The predicted molar refractivity (Wildman–Crippen MR) is 68.3 cm³/mol. The number of aromatic nitrogens is 2. The summed E-state index contributed by atoms with van der Waals surface area (Å²) in [7, 11) is 0. The fraction of sp³-hybridized carbons (Fsp3) is 0.273. The first-order valence-corrected chi connectivity index (χ1v) is 6.26. The van der Waals surface area contributed by atoms with Crippen LogP contribution in [0.1, 0.15) is 10.7 Å². The summed E-state index contributed by atoms with van der Waals surface area (Å²) in [6.45, 7) is 2.87. The van der Waals surface area contributed by atoms with E-state index in [1.54, 1.807) is 17.5 Å². The Labute approximate surface area is 104 Å². The number of nitrogens with one attached hydrogen (secondary N) is 1. The molecule has 0 atom stereocenters. The third-order valence-electron chi connectivity index (χ3n) is 2.10. The van der Waals surface area contributed by atoms with E-state index >= 15 is 0 Å². The SMILES string of the molecule is Cc1nc(CCNc2ccnc(Cl)c2)cs1. The van der Waals surface area contributed by atoms with Crippen molar-refractivity contribution in [3.05, 3.63) is 39.6 Å². The fourth-order valence-corrected chi connectivity index (χ4v) is 2.19. The van der Waals surface area contributed by atoms with E-state index in [4.69, 9.17) is 11.6 Å². The van der Waals surface area contributed by atoms with Gasteiger partial charge < -0.3 is 5.32 Å². The molecule has 0 saturated carbocycles. The monoisotopic (exact) mass is 253 g/mol. The van der Waals surface area contributed by atoms with E-state index in [1.165, 1.54) is 0 Å². The summed E-state index contributed by atoms with van der Waals surface area (Å²) in [6, 6.07) is 3.71. The second kappa shape index (κ2) is 5.27. The first-order chi connectivity index (χ1) is 7.74. The molecule has 0 amide bonds. The molecule has 2 aromatic heterocycles. The highest BCUT2D eigenvalue weighted by molar-refractivity contribution is 7.09. The van der Waals surface area contributed by atoms with Crippen LogP contribution in [-0.4, -0.2) is 16.5 Å². The average molecular weight is 254 g/mol. The first-order valence-electron chi connectivity index (χ1n) is 5.00. The minimum Gasteiger partial charge on any atom is -0.385 e. The van der Waals surface area contributed by atoms with Gasteiger partial charge in [-0.2, -0.15) is 0 Å². The molecule has 0 spiro atoms. The molecule has 5 heteroatoms. The van der Waals surface area contributed by atoms with Crippen molar-refractivity contribution in [1.82, 2.24) is 9.97 Å². The molecule has 0 unspecified atom stereocenters. The maximum Gasteiger partial charge on any atom is 0.131 e. The Balaban J connectivity index is 1.84. The molecule has 2 rings (SSSR count). The predicted octanol–water partition coefficient (Wildman–Crippen LogP) is 3.15. The number of halogens is 1. The Kier molecular flexibility index (Phi) is 3.74. The molecule has 2 heterocycles. The van der Waals surface area contributed by atoms with Gasteiger partial charge in [0.2, 0.25) is 0 Å². The lowest BCUT2D eigenvalue weighted by atomic mass is 10.3. The zero-order valence-electron chi connectivity index (χ0n) is 8.90. The number of aryl methyl sites for hydroxylation is 1. The van der Waals surface area contributed by atoms with Gasteiger partial charge in [0.05, 0.1) is 10.7 Å². The zero-order valence-corrected chi connectivity index (χ0v) is 10.5. The first kappa shape index (κ1) is 11.4. The van der Waals surface area contributed by atoms with Crippen molar-refractivity contribution in [2.45, 2.75) is 13.3 Å². The summed E-state index contributed by atoms with van der Waals surface area (Å²) in [5.74, 6) is 0. The van der Waals surface area contributed by atoms with Gasteiger partial charge in [0.15, 0.2) is 0 Å². The van der Waals surface area contributed by atoms with Crippen molar-refractivity contribution in [2.24, 2.45) is 0 Å². The summed E-state index contributed by atoms with van der Waals surface area (Å²) < 4.78 is 0. The molecular formula is C11H12ClN3S. The number of nitrogens with zero attached hydrogens (tertiary/aromatic N) is 2. The van der Waals surface area contributed by atoms with E-state index in [0.29, 0.717) is 5.15 Å². The van der Waals surface area contributed by atoms with E-state index in [2.05, 4.69) is 20.7 Å². The van der Waals surface area contributed by atoms with Gasteiger partial charge in [0.1, 0.15) is 5.15 Å². The number of rotatable bonds is 4. The van der Waals surface area contributed by atoms with Crippen LogP contribution < -0.4 is 5.32 Å². The number of pyridine rings is 1. The molecule has 0 aliphatic carbocycles. The van der Waals surface area contributed by atoms with Gasteiger partial charge in [-0.3, -0.25) is 0 Å². The average Bonchev–Trinajstić information content (AvgIpc) is 2.64. The Morgan fingerprint density at radius 2 is 2.38 bits per heavy atom. The van der Waals surface area contributed by atoms with Crippen molar-refractivity contribution in [3.63, 3.8) is 0 Å². The van der Waals surface area contributed by atoms with Gasteiger partial charge in [-0.1, -0.05) is 11.6 Å². The largest absolute Gasteiger partial charge is 0.385 e. The third kappa shape index (κ3) is 3.18. The summed E-state index contributed by atoms with van der Waals surface area (Å²) in [4.78, 5) is 8.32. The molecular weight excluding hydrogens is 242 g/mol. The van der Waals surface area contributed by atoms with Gasteiger partial charge in [-0.05, 0) is 19.1 Å². The second-order valence-corrected chi connectivity index (χ2v) is 4.85. The lowest BCUT2D eigenvalue weighted by Gasteiger charge is -2.04. The maximum absolute atomic E-state index is 5.78. The molecule has 0 bridgehead atoms. The summed E-state index contributed by atoms with van der Waals surface area (Å²) in [5, 5.41) is 7.00. The number of thiazole rings is 1. The number of hydrogen-bond donors (Lipinski definition) is 1. The number of hydrogen-bond acceptors (Lipinski definition) is 4. The van der Waals surface area contributed by atoms with Crippen LogP contribution in [0.15, 0.2) is 23.7 Å². The second-order valence-electron chi connectivity index (χ2n) is 3.40. The minimum atomic E-state index is 0.509. The minimum absolute atomic E-state index is 0.509.